The molecule has 1 aromatic rings. The lowest BCUT2D eigenvalue weighted by Crippen LogP contribution is -2.26. The molecule has 25 heavy (non-hydrogen) atoms. The van der Waals surface area contributed by atoms with Crippen LogP contribution in [-0.2, 0) is 12.8 Å². The van der Waals surface area contributed by atoms with E-state index in [4.69, 9.17) is 0 Å². The van der Waals surface area contributed by atoms with E-state index in [0.717, 1.165) is 31.4 Å². The van der Waals surface area contributed by atoms with Gasteiger partial charge in [0.2, 0.25) is 0 Å². The Morgan fingerprint density at radius 1 is 1.24 bits per heavy atom. The van der Waals surface area contributed by atoms with E-state index in [1.165, 1.54) is 39.0 Å². The summed E-state index contributed by atoms with van der Waals surface area (Å²) >= 11 is 0. The molecule has 0 heterocycles. The van der Waals surface area contributed by atoms with Crippen LogP contribution < -0.4 is 5.32 Å². The van der Waals surface area contributed by atoms with E-state index < -0.39 is 0 Å². The molecule has 0 bridgehead atoms. The maximum Gasteiger partial charge on any atom is 0.0383 e. The largest absolute Gasteiger partial charge is 0.382 e. The summed E-state index contributed by atoms with van der Waals surface area (Å²) in [6, 6.07) is 5.07. The van der Waals surface area contributed by atoms with Crippen molar-refractivity contribution in [2.45, 2.75) is 66.3 Å². The fourth-order valence-electron chi connectivity index (χ4n) is 4.25. The van der Waals surface area contributed by atoms with E-state index in [1.807, 2.05) is 0 Å². The van der Waals surface area contributed by atoms with Crippen LogP contribution in [0, 0.1) is 5.41 Å². The Labute approximate surface area is 153 Å². The highest BCUT2D eigenvalue weighted by molar-refractivity contribution is 5.84. The number of benzene rings is 1. The molecule has 1 N–H and O–H groups in total. The topological polar surface area (TPSA) is 12.0 Å². The first kappa shape index (κ1) is 17.8. The van der Waals surface area contributed by atoms with Gasteiger partial charge in [-0.2, -0.15) is 0 Å². The first-order chi connectivity index (χ1) is 11.7. The number of allylic oxidation sites excluding steroid dienone is 2. The lowest BCUT2D eigenvalue weighted by molar-refractivity contribution is 0.365. The van der Waals surface area contributed by atoms with Crippen molar-refractivity contribution in [2.75, 3.05) is 0 Å². The van der Waals surface area contributed by atoms with Gasteiger partial charge in [-0.1, -0.05) is 46.1 Å². The molecule has 1 unspecified atom stereocenters. The summed E-state index contributed by atoms with van der Waals surface area (Å²) in [6.07, 6.45) is 4.19. The molecule has 132 valence electrons. The number of rotatable bonds is 4. The van der Waals surface area contributed by atoms with E-state index in [9.17, 15) is 0 Å². The number of fused-ring (bicyclic) bond motifs is 3. The van der Waals surface area contributed by atoms with Crippen LogP contribution in [0.2, 0.25) is 0 Å². The second-order valence-electron chi connectivity index (χ2n) is 8.59. The standard InChI is InChI=1S/C24H31N/c1-8-17(4)25-18(5)21-11-15(2)22-19(12-21)9-10-20-14-24(6,7)13-16(3)23(20)22/h9-10,17,25H,3,5,8,12-14H2,1-2,4,6-7H3. The van der Waals surface area contributed by atoms with Gasteiger partial charge in [0.05, 0.1) is 0 Å². The predicted octanol–water partition coefficient (Wildman–Crippen LogP) is 6.06. The Balaban J connectivity index is 2.04. The molecular weight excluding hydrogens is 302 g/mol. The highest BCUT2D eigenvalue weighted by Crippen LogP contribution is 2.45. The van der Waals surface area contributed by atoms with E-state index in [0.29, 0.717) is 11.5 Å². The highest BCUT2D eigenvalue weighted by atomic mass is 14.9. The molecule has 2 aliphatic carbocycles. The molecule has 0 amide bonds. The predicted molar refractivity (Wildman–Crippen MR) is 109 cm³/mol. The van der Waals surface area contributed by atoms with Crippen molar-refractivity contribution in [3.63, 3.8) is 0 Å². The molecule has 1 heteroatoms. The lowest BCUT2D eigenvalue weighted by Gasteiger charge is -2.35. The average molecular weight is 334 g/mol. The second kappa shape index (κ2) is 6.39. The molecule has 0 aromatic heterocycles. The smallest absolute Gasteiger partial charge is 0.0383 e. The highest BCUT2D eigenvalue weighted by Gasteiger charge is 2.31. The molecule has 2 aliphatic rings. The molecule has 0 aliphatic heterocycles. The quantitative estimate of drug-likeness (QED) is 0.660. The fraction of sp³-hybridized carbons (Fsp3) is 0.458. The molecule has 1 aromatic carbocycles. The van der Waals surface area contributed by atoms with Crippen molar-refractivity contribution in [1.82, 2.24) is 5.32 Å². The summed E-state index contributed by atoms with van der Waals surface area (Å²) in [5, 5.41) is 3.51. The summed E-state index contributed by atoms with van der Waals surface area (Å²) in [4.78, 5) is 0. The van der Waals surface area contributed by atoms with E-state index >= 15 is 0 Å². The zero-order chi connectivity index (χ0) is 18.4. The Morgan fingerprint density at radius 2 is 1.92 bits per heavy atom. The van der Waals surface area contributed by atoms with Gasteiger partial charge < -0.3 is 5.32 Å². The van der Waals surface area contributed by atoms with Crippen molar-refractivity contribution in [3.05, 3.63) is 64.5 Å². The first-order valence-corrected chi connectivity index (χ1v) is 9.47. The van der Waals surface area contributed by atoms with Crippen LogP contribution >= 0.6 is 0 Å². The van der Waals surface area contributed by atoms with Crippen molar-refractivity contribution in [2.24, 2.45) is 5.41 Å². The Kier molecular flexibility index (Phi) is 4.56. The van der Waals surface area contributed by atoms with Gasteiger partial charge in [-0.3, -0.25) is 0 Å². The van der Waals surface area contributed by atoms with Crippen molar-refractivity contribution in [1.29, 1.82) is 0 Å². The summed E-state index contributed by atoms with van der Waals surface area (Å²) in [7, 11) is 0. The Hall–Kier alpha value is -1.98. The van der Waals surface area contributed by atoms with Crippen LogP contribution in [0.1, 0.15) is 69.7 Å². The van der Waals surface area contributed by atoms with E-state index in [-0.39, 0.29) is 0 Å². The van der Waals surface area contributed by atoms with Crippen LogP contribution in [0.3, 0.4) is 0 Å². The van der Waals surface area contributed by atoms with Gasteiger partial charge in [-0.15, -0.1) is 5.73 Å². The van der Waals surface area contributed by atoms with Crippen LogP contribution in [0.4, 0.5) is 0 Å². The van der Waals surface area contributed by atoms with Crippen LogP contribution in [0.15, 0.2) is 42.3 Å². The van der Waals surface area contributed by atoms with Crippen LogP contribution in [-0.4, -0.2) is 6.04 Å². The van der Waals surface area contributed by atoms with Crippen LogP contribution in [0.5, 0.6) is 0 Å². The molecule has 1 atom stereocenters. The SMILES string of the molecule is C=C(NC(C)CC)C1=C=C(C)c2c(ccc3c2C(=C)CC(C)(C)C3)C1. The third-order valence-corrected chi connectivity index (χ3v) is 5.57. The molecule has 0 saturated heterocycles. The lowest BCUT2D eigenvalue weighted by atomic mass is 9.69. The zero-order valence-corrected chi connectivity index (χ0v) is 16.5. The van der Waals surface area contributed by atoms with Gasteiger partial charge in [0.1, 0.15) is 0 Å². The summed E-state index contributed by atoms with van der Waals surface area (Å²) in [5.74, 6) is 0. The molecule has 3 rings (SSSR count). The fourth-order valence-corrected chi connectivity index (χ4v) is 4.25. The van der Waals surface area contributed by atoms with Crippen molar-refractivity contribution in [3.8, 4) is 0 Å². The number of hydrogen-bond donors (Lipinski definition) is 1. The van der Waals surface area contributed by atoms with Gasteiger partial charge in [0, 0.05) is 23.7 Å². The van der Waals surface area contributed by atoms with Gasteiger partial charge in [0.25, 0.3) is 0 Å². The van der Waals surface area contributed by atoms with Gasteiger partial charge >= 0.3 is 0 Å². The van der Waals surface area contributed by atoms with Gasteiger partial charge in [-0.05, 0) is 71.9 Å². The first-order valence-electron chi connectivity index (χ1n) is 9.47. The summed E-state index contributed by atoms with van der Waals surface area (Å²) in [5.41, 5.74) is 14.2. The van der Waals surface area contributed by atoms with E-state index in [1.54, 1.807) is 0 Å². The Morgan fingerprint density at radius 3 is 2.60 bits per heavy atom. The average Bonchev–Trinajstić information content (AvgIpc) is 2.52. The van der Waals surface area contributed by atoms with Crippen molar-refractivity contribution >= 4 is 11.1 Å². The molecule has 0 saturated carbocycles. The molecule has 1 nitrogen and oxygen atoms in total. The van der Waals surface area contributed by atoms with Crippen LogP contribution in [0.25, 0.3) is 11.1 Å². The third kappa shape index (κ3) is 3.39. The minimum Gasteiger partial charge on any atom is -0.382 e. The molecule has 0 spiro atoms. The van der Waals surface area contributed by atoms with E-state index in [2.05, 4.69) is 71.0 Å². The Bertz CT molecular complexity index is 813. The maximum absolute atomic E-state index is 4.42. The number of nitrogens with one attached hydrogen (secondary N) is 1. The molecular formula is C24H31N. The normalized spacial score (nSPS) is 19.3. The molecule has 0 fully saturated rings. The molecule has 0 radical (unpaired) electrons. The second-order valence-corrected chi connectivity index (χ2v) is 8.59. The minimum atomic E-state index is 0.306. The summed E-state index contributed by atoms with van der Waals surface area (Å²) in [6.45, 7) is 19.9. The minimum absolute atomic E-state index is 0.306. The monoisotopic (exact) mass is 333 g/mol. The summed E-state index contributed by atoms with van der Waals surface area (Å²) < 4.78 is 0. The van der Waals surface area contributed by atoms with Gasteiger partial charge in [0.15, 0.2) is 0 Å². The van der Waals surface area contributed by atoms with Crippen molar-refractivity contribution < 1.29 is 0 Å². The third-order valence-electron chi connectivity index (χ3n) is 5.57. The zero-order valence-electron chi connectivity index (χ0n) is 16.5. The van der Waals surface area contributed by atoms with Gasteiger partial charge in [-0.25, -0.2) is 0 Å². The maximum atomic E-state index is 4.42. The number of hydrogen-bond acceptors (Lipinski definition) is 1.